The molecule has 0 bridgehead atoms. The van der Waals surface area contributed by atoms with Crippen LogP contribution in [0.15, 0.2) is 18.2 Å². The summed E-state index contributed by atoms with van der Waals surface area (Å²) in [5.74, 6) is -0.785. The van der Waals surface area contributed by atoms with Gasteiger partial charge in [-0.2, -0.15) is 0 Å². The van der Waals surface area contributed by atoms with Crippen LogP contribution >= 0.6 is 11.6 Å². The Kier molecular flexibility index (Phi) is 5.91. The maximum Gasteiger partial charge on any atom is 0.337 e. The van der Waals surface area contributed by atoms with Crippen LogP contribution in [-0.4, -0.2) is 42.1 Å². The van der Waals surface area contributed by atoms with Crippen LogP contribution in [0.1, 0.15) is 17.3 Å². The molecule has 5 nitrogen and oxygen atoms in total. The second kappa shape index (κ2) is 7.20. The fourth-order valence-corrected chi connectivity index (χ4v) is 1.45. The number of hydrogen-bond donors (Lipinski definition) is 2. The summed E-state index contributed by atoms with van der Waals surface area (Å²) in [5, 5.41) is 18.5. The van der Waals surface area contributed by atoms with E-state index >= 15 is 0 Å². The molecule has 0 heterocycles. The van der Waals surface area contributed by atoms with Crippen molar-refractivity contribution in [2.45, 2.75) is 13.0 Å². The van der Waals surface area contributed by atoms with Crippen molar-refractivity contribution in [3.63, 3.8) is 0 Å². The van der Waals surface area contributed by atoms with Crippen LogP contribution in [-0.2, 0) is 4.74 Å². The zero-order valence-electron chi connectivity index (χ0n) is 9.93. The molecule has 1 aromatic carbocycles. The second-order valence-electron chi connectivity index (χ2n) is 3.57. The maximum atomic E-state index is 10.8. The van der Waals surface area contributed by atoms with Crippen molar-refractivity contribution in [1.29, 1.82) is 0 Å². The molecular formula is C12H15ClO5. The number of carboxylic acid groups (broad SMARTS) is 1. The number of benzene rings is 1. The van der Waals surface area contributed by atoms with Gasteiger partial charge in [-0.25, -0.2) is 4.79 Å². The monoisotopic (exact) mass is 274 g/mol. The molecule has 0 amide bonds. The van der Waals surface area contributed by atoms with Gasteiger partial charge in [-0.05, 0) is 25.1 Å². The predicted molar refractivity (Wildman–Crippen MR) is 66.4 cm³/mol. The maximum absolute atomic E-state index is 10.8. The van der Waals surface area contributed by atoms with E-state index in [-0.39, 0.29) is 23.8 Å². The molecule has 18 heavy (non-hydrogen) atoms. The van der Waals surface area contributed by atoms with Gasteiger partial charge in [0.15, 0.2) is 0 Å². The number of rotatable bonds is 7. The topological polar surface area (TPSA) is 76.0 Å². The third kappa shape index (κ3) is 4.52. The molecule has 0 radical (unpaired) electrons. The Bertz CT molecular complexity index is 407. The van der Waals surface area contributed by atoms with Crippen LogP contribution < -0.4 is 4.74 Å². The van der Waals surface area contributed by atoms with Crippen LogP contribution in [0.3, 0.4) is 0 Å². The van der Waals surface area contributed by atoms with Crippen molar-refractivity contribution in [2.75, 3.05) is 19.8 Å². The summed E-state index contributed by atoms with van der Waals surface area (Å²) in [7, 11) is 0. The third-order valence-electron chi connectivity index (χ3n) is 2.12. The molecule has 0 saturated heterocycles. The third-order valence-corrected chi connectivity index (χ3v) is 2.45. The minimum absolute atomic E-state index is 0.0285. The molecule has 1 aromatic rings. The fourth-order valence-electron chi connectivity index (χ4n) is 1.25. The first-order chi connectivity index (χ1) is 8.54. The van der Waals surface area contributed by atoms with Crippen molar-refractivity contribution in [2.24, 2.45) is 0 Å². The number of hydrogen-bond acceptors (Lipinski definition) is 4. The van der Waals surface area contributed by atoms with E-state index in [9.17, 15) is 9.90 Å². The summed E-state index contributed by atoms with van der Waals surface area (Å²) in [4.78, 5) is 10.8. The number of ether oxygens (including phenoxy) is 2. The normalized spacial score (nSPS) is 12.2. The molecule has 0 fully saturated rings. The van der Waals surface area contributed by atoms with Crippen LogP contribution in [0.2, 0.25) is 5.02 Å². The van der Waals surface area contributed by atoms with Crippen molar-refractivity contribution < 1.29 is 24.5 Å². The van der Waals surface area contributed by atoms with Crippen LogP contribution in [0.5, 0.6) is 5.75 Å². The molecule has 2 N–H and O–H groups in total. The van der Waals surface area contributed by atoms with E-state index < -0.39 is 12.1 Å². The van der Waals surface area contributed by atoms with Gasteiger partial charge in [-0.15, -0.1) is 0 Å². The van der Waals surface area contributed by atoms with Crippen molar-refractivity contribution in [3.8, 4) is 5.75 Å². The van der Waals surface area contributed by atoms with E-state index in [1.807, 2.05) is 6.92 Å². The van der Waals surface area contributed by atoms with E-state index in [0.29, 0.717) is 12.4 Å². The molecule has 1 atom stereocenters. The first-order valence-corrected chi connectivity index (χ1v) is 5.83. The number of aliphatic hydroxyl groups is 1. The highest BCUT2D eigenvalue weighted by Gasteiger charge is 2.11. The van der Waals surface area contributed by atoms with E-state index in [4.69, 9.17) is 26.2 Å². The Morgan fingerprint density at radius 1 is 1.44 bits per heavy atom. The SMILES string of the molecule is CCOCC(O)COc1ccc(Cl)c(C(=O)O)c1. The molecule has 0 aliphatic rings. The van der Waals surface area contributed by atoms with E-state index in [1.165, 1.54) is 12.1 Å². The molecule has 0 spiro atoms. The standard InChI is InChI=1S/C12H15ClO5/c1-2-17-6-8(14)7-18-9-3-4-11(13)10(5-9)12(15)16/h3-5,8,14H,2,6-7H2,1H3,(H,15,16). The molecule has 1 unspecified atom stereocenters. The lowest BCUT2D eigenvalue weighted by atomic mass is 10.2. The van der Waals surface area contributed by atoms with Gasteiger partial charge in [0.1, 0.15) is 18.5 Å². The second-order valence-corrected chi connectivity index (χ2v) is 3.98. The van der Waals surface area contributed by atoms with E-state index in [1.54, 1.807) is 6.07 Å². The minimum atomic E-state index is -1.12. The number of carboxylic acids is 1. The molecular weight excluding hydrogens is 260 g/mol. The zero-order valence-corrected chi connectivity index (χ0v) is 10.7. The van der Waals surface area contributed by atoms with E-state index in [0.717, 1.165) is 0 Å². The number of aromatic carboxylic acids is 1. The fraction of sp³-hybridized carbons (Fsp3) is 0.417. The smallest absolute Gasteiger partial charge is 0.337 e. The van der Waals surface area contributed by atoms with Gasteiger partial charge in [0.25, 0.3) is 0 Å². The summed E-state index contributed by atoms with van der Waals surface area (Å²) in [6, 6.07) is 4.30. The van der Waals surface area contributed by atoms with Gasteiger partial charge in [0.05, 0.1) is 17.2 Å². The van der Waals surface area contributed by atoms with Gasteiger partial charge in [-0.3, -0.25) is 0 Å². The predicted octanol–water partition coefficient (Wildman–Crippen LogP) is 1.81. The van der Waals surface area contributed by atoms with Crippen LogP contribution in [0.25, 0.3) is 0 Å². The molecule has 1 rings (SSSR count). The molecule has 0 aliphatic carbocycles. The summed E-state index contributed by atoms with van der Waals surface area (Å²) in [6.07, 6.45) is -0.756. The van der Waals surface area contributed by atoms with Crippen molar-refractivity contribution >= 4 is 17.6 Å². The lowest BCUT2D eigenvalue weighted by molar-refractivity contribution is 0.0164. The first kappa shape index (κ1) is 14.8. The molecule has 0 aromatic heterocycles. The quantitative estimate of drug-likeness (QED) is 0.793. The van der Waals surface area contributed by atoms with Gasteiger partial charge in [0.2, 0.25) is 0 Å². The van der Waals surface area contributed by atoms with Crippen molar-refractivity contribution in [1.82, 2.24) is 0 Å². The van der Waals surface area contributed by atoms with E-state index in [2.05, 4.69) is 0 Å². The highest BCUT2D eigenvalue weighted by Crippen LogP contribution is 2.22. The van der Waals surface area contributed by atoms with Crippen LogP contribution in [0.4, 0.5) is 0 Å². The van der Waals surface area contributed by atoms with Gasteiger partial charge in [-0.1, -0.05) is 11.6 Å². The number of aliphatic hydroxyl groups excluding tert-OH is 1. The lowest BCUT2D eigenvalue weighted by Crippen LogP contribution is -2.23. The first-order valence-electron chi connectivity index (χ1n) is 5.46. The number of carbonyl (C=O) groups is 1. The Morgan fingerprint density at radius 3 is 2.78 bits per heavy atom. The molecule has 6 heteroatoms. The molecule has 0 aliphatic heterocycles. The highest BCUT2D eigenvalue weighted by molar-refractivity contribution is 6.33. The largest absolute Gasteiger partial charge is 0.491 e. The lowest BCUT2D eigenvalue weighted by Gasteiger charge is -2.12. The molecule has 0 saturated carbocycles. The van der Waals surface area contributed by atoms with Crippen molar-refractivity contribution in [3.05, 3.63) is 28.8 Å². The Hall–Kier alpha value is -1.30. The summed E-state index contributed by atoms with van der Waals surface area (Å²) in [6.45, 7) is 2.55. The van der Waals surface area contributed by atoms with Gasteiger partial charge in [0, 0.05) is 6.61 Å². The zero-order chi connectivity index (χ0) is 13.5. The van der Waals surface area contributed by atoms with Crippen LogP contribution in [0, 0.1) is 0 Å². The van der Waals surface area contributed by atoms with Gasteiger partial charge < -0.3 is 19.7 Å². The average molecular weight is 275 g/mol. The molecule has 100 valence electrons. The Balaban J connectivity index is 2.57. The minimum Gasteiger partial charge on any atom is -0.491 e. The average Bonchev–Trinajstić information content (AvgIpc) is 2.35. The number of halogens is 1. The van der Waals surface area contributed by atoms with Gasteiger partial charge >= 0.3 is 5.97 Å². The Labute approximate surface area is 110 Å². The highest BCUT2D eigenvalue weighted by atomic mass is 35.5. The Morgan fingerprint density at radius 2 is 2.17 bits per heavy atom. The summed E-state index contributed by atoms with van der Waals surface area (Å²) < 4.78 is 10.3. The summed E-state index contributed by atoms with van der Waals surface area (Å²) in [5.41, 5.74) is -0.0338. The summed E-state index contributed by atoms with van der Waals surface area (Å²) >= 11 is 5.72.